The van der Waals surface area contributed by atoms with E-state index in [1.807, 2.05) is 31.2 Å². The summed E-state index contributed by atoms with van der Waals surface area (Å²) in [5.74, 6) is 2.60. The Balaban J connectivity index is 1.59. The Kier molecular flexibility index (Phi) is 4.65. The fourth-order valence-corrected chi connectivity index (χ4v) is 2.64. The van der Waals surface area contributed by atoms with E-state index in [1.54, 1.807) is 7.11 Å². The molecule has 0 atom stereocenters. The maximum Gasteiger partial charge on any atom is 0.226 e. The summed E-state index contributed by atoms with van der Waals surface area (Å²) in [4.78, 5) is 16.4. The van der Waals surface area contributed by atoms with E-state index in [-0.39, 0.29) is 11.8 Å². The highest BCUT2D eigenvalue weighted by molar-refractivity contribution is 5.79. The van der Waals surface area contributed by atoms with E-state index in [9.17, 15) is 4.79 Å². The second kappa shape index (κ2) is 6.86. The van der Waals surface area contributed by atoms with Gasteiger partial charge in [-0.2, -0.15) is 0 Å². The zero-order valence-electron chi connectivity index (χ0n) is 13.6. The zero-order valence-corrected chi connectivity index (χ0v) is 13.6. The molecule has 1 N–H and O–H groups in total. The number of rotatable bonds is 6. The molecular formula is C18H22N2O3. The minimum atomic E-state index is 0.174. The number of carbonyl (C=O) groups excluding carboxylic acids is 1. The van der Waals surface area contributed by atoms with E-state index >= 15 is 0 Å². The maximum absolute atomic E-state index is 11.8. The van der Waals surface area contributed by atoms with Crippen LogP contribution in [0.2, 0.25) is 0 Å². The van der Waals surface area contributed by atoms with Gasteiger partial charge >= 0.3 is 0 Å². The largest absolute Gasteiger partial charge is 0.497 e. The standard InChI is InChI=1S/C18H22N2O3/c1-12-16(10-11-19-17(21)13-4-3-5-13)20-18(23-12)14-6-8-15(22-2)9-7-14/h6-9,13H,3-5,10-11H2,1-2H3,(H,19,21). The minimum absolute atomic E-state index is 0.174. The molecule has 0 aliphatic heterocycles. The summed E-state index contributed by atoms with van der Waals surface area (Å²) in [6.45, 7) is 2.51. The van der Waals surface area contributed by atoms with Crippen molar-refractivity contribution in [2.24, 2.45) is 5.92 Å². The molecule has 3 rings (SSSR count). The van der Waals surface area contributed by atoms with Gasteiger partial charge in [0.25, 0.3) is 0 Å². The number of nitrogens with one attached hydrogen (secondary N) is 1. The third kappa shape index (κ3) is 3.55. The van der Waals surface area contributed by atoms with Gasteiger partial charge in [0.15, 0.2) is 0 Å². The summed E-state index contributed by atoms with van der Waals surface area (Å²) in [7, 11) is 1.64. The Hall–Kier alpha value is -2.30. The Labute approximate surface area is 136 Å². The van der Waals surface area contributed by atoms with Crippen LogP contribution in [0.25, 0.3) is 11.5 Å². The molecule has 0 bridgehead atoms. The van der Waals surface area contributed by atoms with Crippen LogP contribution in [-0.4, -0.2) is 24.5 Å². The van der Waals surface area contributed by atoms with E-state index < -0.39 is 0 Å². The summed E-state index contributed by atoms with van der Waals surface area (Å²) in [5, 5.41) is 2.99. The monoisotopic (exact) mass is 314 g/mol. The number of aromatic nitrogens is 1. The Morgan fingerprint density at radius 1 is 1.35 bits per heavy atom. The van der Waals surface area contributed by atoms with Gasteiger partial charge in [0, 0.05) is 24.4 Å². The van der Waals surface area contributed by atoms with E-state index in [0.29, 0.717) is 18.9 Å². The summed E-state index contributed by atoms with van der Waals surface area (Å²) in [6, 6.07) is 7.61. The lowest BCUT2D eigenvalue weighted by molar-refractivity contribution is -0.127. The predicted octanol–water partition coefficient (Wildman–Crippen LogP) is 3.12. The number of ether oxygens (including phenoxy) is 1. The molecule has 2 aromatic rings. The van der Waals surface area contributed by atoms with Crippen LogP contribution >= 0.6 is 0 Å². The molecular weight excluding hydrogens is 292 g/mol. The number of hydrogen-bond donors (Lipinski definition) is 1. The summed E-state index contributed by atoms with van der Waals surface area (Å²) in [5.41, 5.74) is 1.81. The maximum atomic E-state index is 11.8. The molecule has 1 aromatic heterocycles. The number of oxazole rings is 1. The predicted molar refractivity (Wildman–Crippen MR) is 87.3 cm³/mol. The van der Waals surface area contributed by atoms with Crippen LogP contribution in [0.1, 0.15) is 30.7 Å². The lowest BCUT2D eigenvalue weighted by atomic mass is 9.85. The number of benzene rings is 1. The fourth-order valence-electron chi connectivity index (χ4n) is 2.64. The average molecular weight is 314 g/mol. The molecule has 0 unspecified atom stereocenters. The lowest BCUT2D eigenvalue weighted by Gasteiger charge is -2.23. The first-order valence-corrected chi connectivity index (χ1v) is 8.06. The molecule has 1 amide bonds. The molecule has 5 heteroatoms. The van der Waals surface area contributed by atoms with Crippen molar-refractivity contribution in [3.05, 3.63) is 35.7 Å². The minimum Gasteiger partial charge on any atom is -0.497 e. The van der Waals surface area contributed by atoms with Gasteiger partial charge in [-0.15, -0.1) is 0 Å². The molecule has 122 valence electrons. The summed E-state index contributed by atoms with van der Waals surface area (Å²) in [6.07, 6.45) is 3.91. The Bertz CT molecular complexity index is 672. The molecule has 1 aliphatic rings. The third-order valence-corrected chi connectivity index (χ3v) is 4.37. The fraction of sp³-hybridized carbons (Fsp3) is 0.444. The van der Waals surface area contributed by atoms with Crippen molar-refractivity contribution in [2.45, 2.75) is 32.6 Å². The van der Waals surface area contributed by atoms with Crippen molar-refractivity contribution in [3.63, 3.8) is 0 Å². The van der Waals surface area contributed by atoms with Crippen LogP contribution in [0.15, 0.2) is 28.7 Å². The highest BCUT2D eigenvalue weighted by Gasteiger charge is 2.24. The van der Waals surface area contributed by atoms with Crippen molar-refractivity contribution in [1.82, 2.24) is 10.3 Å². The Morgan fingerprint density at radius 3 is 2.70 bits per heavy atom. The average Bonchev–Trinajstić information content (AvgIpc) is 2.87. The first-order chi connectivity index (χ1) is 11.2. The van der Waals surface area contributed by atoms with Crippen molar-refractivity contribution < 1.29 is 13.9 Å². The van der Waals surface area contributed by atoms with Gasteiger partial charge in [-0.3, -0.25) is 4.79 Å². The van der Waals surface area contributed by atoms with Crippen molar-refractivity contribution in [1.29, 1.82) is 0 Å². The van der Waals surface area contributed by atoms with Crippen LogP contribution in [-0.2, 0) is 11.2 Å². The third-order valence-electron chi connectivity index (χ3n) is 4.37. The van der Waals surface area contributed by atoms with Crippen LogP contribution in [0.3, 0.4) is 0 Å². The molecule has 0 radical (unpaired) electrons. The highest BCUT2D eigenvalue weighted by Crippen LogP contribution is 2.26. The molecule has 1 fully saturated rings. The number of carbonyl (C=O) groups is 1. The molecule has 5 nitrogen and oxygen atoms in total. The second-order valence-corrected chi connectivity index (χ2v) is 5.92. The zero-order chi connectivity index (χ0) is 16.2. The molecule has 1 aromatic carbocycles. The van der Waals surface area contributed by atoms with E-state index in [4.69, 9.17) is 9.15 Å². The molecule has 0 spiro atoms. The first-order valence-electron chi connectivity index (χ1n) is 8.06. The topological polar surface area (TPSA) is 64.4 Å². The van der Waals surface area contributed by atoms with E-state index in [0.717, 1.165) is 35.6 Å². The normalized spacial score (nSPS) is 14.3. The van der Waals surface area contributed by atoms with Gasteiger partial charge < -0.3 is 14.5 Å². The van der Waals surface area contributed by atoms with Gasteiger partial charge in [-0.05, 0) is 44.0 Å². The van der Waals surface area contributed by atoms with E-state index in [2.05, 4.69) is 10.3 Å². The van der Waals surface area contributed by atoms with Gasteiger partial charge in [0.2, 0.25) is 11.8 Å². The molecule has 1 saturated carbocycles. The first kappa shape index (κ1) is 15.6. The highest BCUT2D eigenvalue weighted by atomic mass is 16.5. The van der Waals surface area contributed by atoms with E-state index in [1.165, 1.54) is 6.42 Å². The number of nitrogens with zero attached hydrogens (tertiary/aromatic N) is 1. The number of hydrogen-bond acceptors (Lipinski definition) is 4. The summed E-state index contributed by atoms with van der Waals surface area (Å²) >= 11 is 0. The lowest BCUT2D eigenvalue weighted by Crippen LogP contribution is -2.35. The van der Waals surface area contributed by atoms with Gasteiger partial charge in [-0.25, -0.2) is 4.98 Å². The number of amides is 1. The summed E-state index contributed by atoms with van der Waals surface area (Å²) < 4.78 is 10.9. The van der Waals surface area contributed by atoms with Crippen LogP contribution in [0, 0.1) is 12.8 Å². The van der Waals surface area contributed by atoms with Crippen LogP contribution in [0.5, 0.6) is 5.75 Å². The molecule has 23 heavy (non-hydrogen) atoms. The quantitative estimate of drug-likeness (QED) is 0.890. The van der Waals surface area contributed by atoms with Crippen LogP contribution < -0.4 is 10.1 Å². The number of methoxy groups -OCH3 is 1. The smallest absolute Gasteiger partial charge is 0.226 e. The molecule has 0 saturated heterocycles. The van der Waals surface area contributed by atoms with Gasteiger partial charge in [0.1, 0.15) is 11.5 Å². The van der Waals surface area contributed by atoms with Crippen molar-refractivity contribution >= 4 is 5.91 Å². The van der Waals surface area contributed by atoms with Gasteiger partial charge in [0.05, 0.1) is 12.8 Å². The van der Waals surface area contributed by atoms with Crippen molar-refractivity contribution in [3.8, 4) is 17.2 Å². The molecule has 1 aliphatic carbocycles. The van der Waals surface area contributed by atoms with Gasteiger partial charge in [-0.1, -0.05) is 6.42 Å². The Morgan fingerprint density at radius 2 is 2.09 bits per heavy atom. The number of aryl methyl sites for hydroxylation is 1. The SMILES string of the molecule is COc1ccc(-c2nc(CCNC(=O)C3CCC3)c(C)o2)cc1. The van der Waals surface area contributed by atoms with Crippen molar-refractivity contribution in [2.75, 3.05) is 13.7 Å². The molecule has 1 heterocycles. The van der Waals surface area contributed by atoms with Crippen LogP contribution in [0.4, 0.5) is 0 Å². The second-order valence-electron chi connectivity index (χ2n) is 5.92.